The third kappa shape index (κ3) is 2.63. The zero-order valence-electron chi connectivity index (χ0n) is 10.6. The van der Waals surface area contributed by atoms with Gasteiger partial charge >= 0.3 is 0 Å². The van der Waals surface area contributed by atoms with Gasteiger partial charge in [-0.2, -0.15) is 0 Å². The molecule has 2 N–H and O–H groups in total. The molecule has 0 spiro atoms. The Bertz CT molecular complexity index is 521. The fourth-order valence-corrected chi connectivity index (χ4v) is 1.92. The molecule has 0 bridgehead atoms. The molecule has 2 rings (SSSR count). The number of anilines is 1. The summed E-state index contributed by atoms with van der Waals surface area (Å²) in [6, 6.07) is 13.8. The van der Waals surface area contributed by atoms with Gasteiger partial charge in [0.1, 0.15) is 5.75 Å². The minimum absolute atomic E-state index is 0.552. The summed E-state index contributed by atoms with van der Waals surface area (Å²) in [4.78, 5) is 0. The number of methoxy groups -OCH3 is 2. The van der Waals surface area contributed by atoms with Crippen molar-refractivity contribution in [3.63, 3.8) is 0 Å². The van der Waals surface area contributed by atoms with Crippen LogP contribution in [0.3, 0.4) is 0 Å². The molecule has 94 valence electrons. The van der Waals surface area contributed by atoms with E-state index < -0.39 is 0 Å². The Morgan fingerprint density at radius 1 is 1.00 bits per heavy atom. The fraction of sp³-hybridized carbons (Fsp3) is 0.200. The topological polar surface area (TPSA) is 44.5 Å². The standard InChI is InChI=1S/C15H17NO2/c1-17-10-12-9-14(18-2)7-8-15(12)11-3-5-13(16)6-4-11/h3-9H,10,16H2,1-2H3. The molecule has 0 fully saturated rings. The van der Waals surface area contributed by atoms with E-state index in [9.17, 15) is 0 Å². The Labute approximate surface area is 107 Å². The molecule has 3 heteroatoms. The maximum atomic E-state index is 5.70. The molecule has 0 radical (unpaired) electrons. The van der Waals surface area contributed by atoms with Crippen LogP contribution in [0, 0.1) is 0 Å². The van der Waals surface area contributed by atoms with Gasteiger partial charge < -0.3 is 15.2 Å². The van der Waals surface area contributed by atoms with Crippen molar-refractivity contribution < 1.29 is 9.47 Å². The van der Waals surface area contributed by atoms with Crippen molar-refractivity contribution in [2.75, 3.05) is 20.0 Å². The molecule has 0 heterocycles. The van der Waals surface area contributed by atoms with Gasteiger partial charge in [0.05, 0.1) is 13.7 Å². The van der Waals surface area contributed by atoms with Crippen molar-refractivity contribution in [2.24, 2.45) is 0 Å². The highest BCUT2D eigenvalue weighted by molar-refractivity contribution is 5.69. The van der Waals surface area contributed by atoms with Gasteiger partial charge in [-0.1, -0.05) is 18.2 Å². The van der Waals surface area contributed by atoms with E-state index in [2.05, 4.69) is 0 Å². The first-order valence-corrected chi connectivity index (χ1v) is 5.76. The van der Waals surface area contributed by atoms with E-state index in [1.54, 1.807) is 14.2 Å². The van der Waals surface area contributed by atoms with Crippen molar-refractivity contribution >= 4 is 5.69 Å². The Morgan fingerprint density at radius 3 is 2.33 bits per heavy atom. The van der Waals surface area contributed by atoms with Crippen LogP contribution in [-0.4, -0.2) is 14.2 Å². The molecule has 0 saturated heterocycles. The molecule has 0 saturated carbocycles. The SMILES string of the molecule is COCc1cc(OC)ccc1-c1ccc(N)cc1. The van der Waals surface area contributed by atoms with E-state index in [1.807, 2.05) is 42.5 Å². The number of hydrogen-bond acceptors (Lipinski definition) is 3. The quantitative estimate of drug-likeness (QED) is 0.839. The van der Waals surface area contributed by atoms with Gasteiger partial charge in [0, 0.05) is 12.8 Å². The molecule has 3 nitrogen and oxygen atoms in total. The van der Waals surface area contributed by atoms with Crippen LogP contribution >= 0.6 is 0 Å². The van der Waals surface area contributed by atoms with Crippen LogP contribution in [0.15, 0.2) is 42.5 Å². The molecule has 0 aromatic heterocycles. The van der Waals surface area contributed by atoms with E-state index in [-0.39, 0.29) is 0 Å². The number of ether oxygens (including phenoxy) is 2. The van der Waals surface area contributed by atoms with Crippen LogP contribution in [0.1, 0.15) is 5.56 Å². The third-order valence-electron chi connectivity index (χ3n) is 2.83. The van der Waals surface area contributed by atoms with Crippen LogP contribution in [0.4, 0.5) is 5.69 Å². The molecule has 0 atom stereocenters. The summed E-state index contributed by atoms with van der Waals surface area (Å²) < 4.78 is 10.5. The summed E-state index contributed by atoms with van der Waals surface area (Å²) in [5.41, 5.74) is 9.83. The summed E-state index contributed by atoms with van der Waals surface area (Å²) in [6.07, 6.45) is 0. The number of nitrogens with two attached hydrogens (primary N) is 1. The predicted molar refractivity (Wildman–Crippen MR) is 73.6 cm³/mol. The highest BCUT2D eigenvalue weighted by Crippen LogP contribution is 2.28. The van der Waals surface area contributed by atoms with Gasteiger partial charge in [0.2, 0.25) is 0 Å². The van der Waals surface area contributed by atoms with Crippen LogP contribution in [0.5, 0.6) is 5.75 Å². The molecule has 0 unspecified atom stereocenters. The van der Waals surface area contributed by atoms with E-state index in [1.165, 1.54) is 0 Å². The minimum Gasteiger partial charge on any atom is -0.497 e. The number of benzene rings is 2. The summed E-state index contributed by atoms with van der Waals surface area (Å²) >= 11 is 0. The van der Waals surface area contributed by atoms with Crippen molar-refractivity contribution in [3.8, 4) is 16.9 Å². The molecule has 2 aromatic rings. The Kier molecular flexibility index (Phi) is 3.85. The first-order chi connectivity index (χ1) is 8.74. The molecule has 0 aliphatic rings. The summed E-state index contributed by atoms with van der Waals surface area (Å²) in [7, 11) is 3.35. The van der Waals surface area contributed by atoms with Gasteiger partial charge in [-0.15, -0.1) is 0 Å². The van der Waals surface area contributed by atoms with Crippen LogP contribution in [0.2, 0.25) is 0 Å². The van der Waals surface area contributed by atoms with Gasteiger partial charge in [0.15, 0.2) is 0 Å². The van der Waals surface area contributed by atoms with E-state index in [0.717, 1.165) is 28.1 Å². The van der Waals surface area contributed by atoms with Crippen LogP contribution in [0.25, 0.3) is 11.1 Å². The maximum absolute atomic E-state index is 5.70. The highest BCUT2D eigenvalue weighted by Gasteiger charge is 2.06. The molecular formula is C15H17NO2. The van der Waals surface area contributed by atoms with Gasteiger partial charge in [-0.05, 0) is 41.0 Å². The van der Waals surface area contributed by atoms with Gasteiger partial charge in [0.25, 0.3) is 0 Å². The van der Waals surface area contributed by atoms with Crippen LogP contribution < -0.4 is 10.5 Å². The second kappa shape index (κ2) is 5.56. The smallest absolute Gasteiger partial charge is 0.119 e. The van der Waals surface area contributed by atoms with Crippen molar-refractivity contribution in [2.45, 2.75) is 6.61 Å². The minimum atomic E-state index is 0.552. The van der Waals surface area contributed by atoms with E-state index in [4.69, 9.17) is 15.2 Å². The second-order valence-electron chi connectivity index (χ2n) is 4.08. The fourth-order valence-electron chi connectivity index (χ4n) is 1.92. The lowest BCUT2D eigenvalue weighted by Gasteiger charge is -2.11. The Balaban J connectivity index is 2.45. The first kappa shape index (κ1) is 12.5. The molecular weight excluding hydrogens is 226 g/mol. The summed E-state index contributed by atoms with van der Waals surface area (Å²) in [6.45, 7) is 0.552. The summed E-state index contributed by atoms with van der Waals surface area (Å²) in [5.74, 6) is 0.834. The lowest BCUT2D eigenvalue weighted by molar-refractivity contribution is 0.185. The molecule has 2 aromatic carbocycles. The average molecular weight is 243 g/mol. The van der Waals surface area contributed by atoms with Crippen molar-refractivity contribution in [1.29, 1.82) is 0 Å². The van der Waals surface area contributed by atoms with Gasteiger partial charge in [-0.25, -0.2) is 0 Å². The molecule has 0 aliphatic carbocycles. The molecule has 0 amide bonds. The predicted octanol–water partition coefficient (Wildman–Crippen LogP) is 3.09. The largest absolute Gasteiger partial charge is 0.497 e. The lowest BCUT2D eigenvalue weighted by Crippen LogP contribution is -1.94. The maximum Gasteiger partial charge on any atom is 0.119 e. The average Bonchev–Trinajstić information content (AvgIpc) is 2.40. The number of nitrogen functional groups attached to an aromatic ring is 1. The van der Waals surface area contributed by atoms with Crippen molar-refractivity contribution in [3.05, 3.63) is 48.0 Å². The Hall–Kier alpha value is -2.00. The number of rotatable bonds is 4. The molecule has 0 aliphatic heterocycles. The number of hydrogen-bond donors (Lipinski definition) is 1. The normalized spacial score (nSPS) is 10.3. The highest BCUT2D eigenvalue weighted by atomic mass is 16.5. The Morgan fingerprint density at radius 2 is 1.72 bits per heavy atom. The summed E-state index contributed by atoms with van der Waals surface area (Å²) in [5, 5.41) is 0. The monoisotopic (exact) mass is 243 g/mol. The van der Waals surface area contributed by atoms with Crippen molar-refractivity contribution in [1.82, 2.24) is 0 Å². The molecule has 18 heavy (non-hydrogen) atoms. The second-order valence-corrected chi connectivity index (χ2v) is 4.08. The van der Waals surface area contributed by atoms with Crippen LogP contribution in [-0.2, 0) is 11.3 Å². The lowest BCUT2D eigenvalue weighted by atomic mass is 9.99. The van der Waals surface area contributed by atoms with Gasteiger partial charge in [-0.3, -0.25) is 0 Å². The zero-order valence-corrected chi connectivity index (χ0v) is 10.6. The van der Waals surface area contributed by atoms with E-state index >= 15 is 0 Å². The third-order valence-corrected chi connectivity index (χ3v) is 2.83. The zero-order chi connectivity index (χ0) is 13.0. The first-order valence-electron chi connectivity index (χ1n) is 5.76. The van der Waals surface area contributed by atoms with E-state index in [0.29, 0.717) is 6.61 Å².